The number of rotatable bonds is 7. The summed E-state index contributed by atoms with van der Waals surface area (Å²) in [6.07, 6.45) is 2.62. The zero-order chi connectivity index (χ0) is 24.0. The molecule has 1 N–H and O–H groups in total. The van der Waals surface area contributed by atoms with Gasteiger partial charge < -0.3 is 10.1 Å². The van der Waals surface area contributed by atoms with Crippen molar-refractivity contribution in [2.75, 3.05) is 18.4 Å². The monoisotopic (exact) mass is 478 g/mol. The number of nitrogens with one attached hydrogen (secondary N) is 1. The first-order valence-electron chi connectivity index (χ1n) is 11.2. The molecule has 1 aliphatic heterocycles. The Hall–Kier alpha value is -3.49. The van der Waals surface area contributed by atoms with Gasteiger partial charge in [0, 0.05) is 24.3 Å². The summed E-state index contributed by atoms with van der Waals surface area (Å²) in [6.45, 7) is 0.864. The van der Waals surface area contributed by atoms with Crippen molar-refractivity contribution >= 4 is 27.6 Å². The molecule has 1 heterocycles. The number of para-hydroxylation sites is 1. The number of hydrogen-bond donors (Lipinski definition) is 1. The summed E-state index contributed by atoms with van der Waals surface area (Å²) >= 11 is 0. The number of carbonyl (C=O) groups is 2. The van der Waals surface area contributed by atoms with Crippen molar-refractivity contribution in [2.24, 2.45) is 0 Å². The third-order valence-electron chi connectivity index (χ3n) is 5.66. The fourth-order valence-corrected chi connectivity index (χ4v) is 5.51. The van der Waals surface area contributed by atoms with Crippen molar-refractivity contribution in [1.29, 1.82) is 0 Å². The molecule has 1 saturated heterocycles. The predicted molar refractivity (Wildman–Crippen MR) is 129 cm³/mol. The lowest BCUT2D eigenvalue weighted by Gasteiger charge is -2.26. The van der Waals surface area contributed by atoms with Gasteiger partial charge in [0.15, 0.2) is 0 Å². The summed E-state index contributed by atoms with van der Waals surface area (Å²) in [6, 6.07) is 22.0. The lowest BCUT2D eigenvalue weighted by Crippen LogP contribution is -2.36. The first-order chi connectivity index (χ1) is 16.4. The molecule has 0 aliphatic carbocycles. The smallest absolute Gasteiger partial charge is 0.339 e. The number of sulfonamides is 1. The Morgan fingerprint density at radius 2 is 1.47 bits per heavy atom. The predicted octanol–water partition coefficient (Wildman–Crippen LogP) is 4.47. The van der Waals surface area contributed by atoms with Crippen molar-refractivity contribution in [1.82, 2.24) is 4.31 Å². The second-order valence-corrected chi connectivity index (χ2v) is 9.96. The number of benzene rings is 3. The molecule has 3 aromatic rings. The van der Waals surface area contributed by atoms with Gasteiger partial charge in [-0.3, -0.25) is 4.79 Å². The van der Waals surface area contributed by atoms with Gasteiger partial charge in [0.1, 0.15) is 6.61 Å². The minimum absolute atomic E-state index is 0.0203. The van der Waals surface area contributed by atoms with E-state index in [0.29, 0.717) is 29.9 Å². The Balaban J connectivity index is 1.41. The summed E-state index contributed by atoms with van der Waals surface area (Å²) in [5, 5.41) is 2.81. The van der Waals surface area contributed by atoms with E-state index in [-0.39, 0.29) is 23.0 Å². The molecular weight excluding hydrogens is 452 g/mol. The van der Waals surface area contributed by atoms with Crippen molar-refractivity contribution in [3.63, 3.8) is 0 Å². The van der Waals surface area contributed by atoms with Crippen LogP contribution in [0.5, 0.6) is 0 Å². The molecule has 0 atom stereocenters. The van der Waals surface area contributed by atoms with Gasteiger partial charge in [0.2, 0.25) is 10.0 Å². The minimum atomic E-state index is -3.77. The van der Waals surface area contributed by atoms with Crippen LogP contribution in [0.3, 0.4) is 0 Å². The van der Waals surface area contributed by atoms with Crippen LogP contribution in [0, 0.1) is 0 Å². The van der Waals surface area contributed by atoms with Gasteiger partial charge in [0.05, 0.1) is 10.5 Å². The Bertz CT molecular complexity index is 1250. The highest BCUT2D eigenvalue weighted by molar-refractivity contribution is 7.89. The van der Waals surface area contributed by atoms with Gasteiger partial charge in [-0.25, -0.2) is 13.2 Å². The Labute approximate surface area is 199 Å². The van der Waals surface area contributed by atoms with Crippen LogP contribution in [0.4, 0.5) is 5.69 Å². The Morgan fingerprint density at radius 3 is 2.18 bits per heavy atom. The van der Waals surface area contributed by atoms with E-state index in [1.54, 1.807) is 48.5 Å². The Morgan fingerprint density at radius 1 is 0.824 bits per heavy atom. The zero-order valence-corrected chi connectivity index (χ0v) is 19.5. The summed E-state index contributed by atoms with van der Waals surface area (Å²) in [5.41, 5.74) is 1.87. The Kier molecular flexibility index (Phi) is 7.40. The second kappa shape index (κ2) is 10.6. The molecule has 7 nitrogen and oxygen atoms in total. The van der Waals surface area contributed by atoms with Gasteiger partial charge in [-0.2, -0.15) is 4.31 Å². The fourth-order valence-electron chi connectivity index (χ4n) is 3.81. The van der Waals surface area contributed by atoms with Crippen LogP contribution in [0.25, 0.3) is 0 Å². The standard InChI is InChI=1S/C26H26N2O5S/c29-25(27-22-9-3-1-4-10-22)21-15-13-20(14-16-21)19-33-26(30)23-11-5-6-12-24(23)34(31,32)28-17-7-2-8-18-28/h1,3-6,9-16H,2,7-8,17-19H2,(H,27,29). The summed E-state index contributed by atoms with van der Waals surface area (Å²) in [5.74, 6) is -0.950. The third kappa shape index (κ3) is 5.52. The number of ether oxygens (including phenoxy) is 1. The molecule has 34 heavy (non-hydrogen) atoms. The molecule has 176 valence electrons. The van der Waals surface area contributed by atoms with Gasteiger partial charge in [-0.15, -0.1) is 0 Å². The van der Waals surface area contributed by atoms with Crippen LogP contribution in [-0.4, -0.2) is 37.7 Å². The van der Waals surface area contributed by atoms with Crippen LogP contribution in [-0.2, 0) is 21.4 Å². The van der Waals surface area contributed by atoms with Crippen LogP contribution in [0.1, 0.15) is 45.5 Å². The molecule has 0 saturated carbocycles. The number of nitrogens with zero attached hydrogens (tertiary/aromatic N) is 1. The molecule has 0 radical (unpaired) electrons. The fraction of sp³-hybridized carbons (Fsp3) is 0.231. The molecule has 8 heteroatoms. The number of carbonyl (C=O) groups excluding carboxylic acids is 2. The van der Waals surface area contributed by atoms with Crippen LogP contribution in [0.15, 0.2) is 83.8 Å². The van der Waals surface area contributed by atoms with Crippen LogP contribution in [0.2, 0.25) is 0 Å². The molecule has 1 aliphatic rings. The molecule has 3 aromatic carbocycles. The first kappa shape index (κ1) is 23.7. The van der Waals surface area contributed by atoms with Crippen molar-refractivity contribution < 1.29 is 22.7 Å². The van der Waals surface area contributed by atoms with Crippen LogP contribution < -0.4 is 5.32 Å². The van der Waals surface area contributed by atoms with Gasteiger partial charge in [-0.05, 0) is 54.8 Å². The first-order valence-corrected chi connectivity index (χ1v) is 12.6. The number of esters is 1. The highest BCUT2D eigenvalue weighted by Gasteiger charge is 2.30. The van der Waals surface area contributed by atoms with E-state index in [1.165, 1.54) is 16.4 Å². The van der Waals surface area contributed by atoms with E-state index in [4.69, 9.17) is 4.74 Å². The van der Waals surface area contributed by atoms with E-state index < -0.39 is 16.0 Å². The lowest BCUT2D eigenvalue weighted by molar-refractivity contribution is 0.0467. The molecular formula is C26H26N2O5S. The maximum Gasteiger partial charge on any atom is 0.339 e. The highest BCUT2D eigenvalue weighted by atomic mass is 32.2. The van der Waals surface area contributed by atoms with Gasteiger partial charge >= 0.3 is 5.97 Å². The molecule has 0 bridgehead atoms. The number of anilines is 1. The van der Waals surface area contributed by atoms with E-state index in [0.717, 1.165) is 19.3 Å². The maximum atomic E-state index is 13.1. The second-order valence-electron chi connectivity index (χ2n) is 8.05. The average Bonchev–Trinajstić information content (AvgIpc) is 2.88. The number of amides is 1. The SMILES string of the molecule is O=C(Nc1ccccc1)c1ccc(COC(=O)c2ccccc2S(=O)(=O)N2CCCCC2)cc1. The molecule has 4 rings (SSSR count). The zero-order valence-electron chi connectivity index (χ0n) is 18.6. The maximum absolute atomic E-state index is 13.1. The molecule has 1 fully saturated rings. The summed E-state index contributed by atoms with van der Waals surface area (Å²) < 4.78 is 33.0. The summed E-state index contributed by atoms with van der Waals surface area (Å²) in [4.78, 5) is 25.1. The minimum Gasteiger partial charge on any atom is -0.457 e. The van der Waals surface area contributed by atoms with Crippen LogP contribution >= 0.6 is 0 Å². The number of hydrogen-bond acceptors (Lipinski definition) is 5. The highest BCUT2D eigenvalue weighted by Crippen LogP contribution is 2.24. The quantitative estimate of drug-likeness (QED) is 0.506. The van der Waals surface area contributed by atoms with Crippen molar-refractivity contribution in [3.8, 4) is 0 Å². The summed E-state index contributed by atoms with van der Waals surface area (Å²) in [7, 11) is -3.77. The van der Waals surface area contributed by atoms with Gasteiger partial charge in [-0.1, -0.05) is 48.9 Å². The number of piperidine rings is 1. The average molecular weight is 479 g/mol. The van der Waals surface area contributed by atoms with Crippen molar-refractivity contribution in [3.05, 3.63) is 95.6 Å². The third-order valence-corrected chi connectivity index (χ3v) is 7.61. The topological polar surface area (TPSA) is 92.8 Å². The van der Waals surface area contributed by atoms with Crippen molar-refractivity contribution in [2.45, 2.75) is 30.8 Å². The van der Waals surface area contributed by atoms with E-state index >= 15 is 0 Å². The lowest BCUT2D eigenvalue weighted by atomic mass is 10.1. The van der Waals surface area contributed by atoms with E-state index in [1.807, 2.05) is 18.2 Å². The molecule has 0 aromatic heterocycles. The van der Waals surface area contributed by atoms with Gasteiger partial charge in [0.25, 0.3) is 5.91 Å². The van der Waals surface area contributed by atoms with E-state index in [9.17, 15) is 18.0 Å². The molecule has 0 spiro atoms. The normalized spacial score (nSPS) is 14.4. The van der Waals surface area contributed by atoms with E-state index in [2.05, 4.69) is 5.32 Å². The largest absolute Gasteiger partial charge is 0.457 e. The molecule has 1 amide bonds. The molecule has 0 unspecified atom stereocenters.